The first-order valence-corrected chi connectivity index (χ1v) is 5.87. The molecule has 0 bridgehead atoms. The highest BCUT2D eigenvalue weighted by Crippen LogP contribution is 2.07. The SMILES string of the molecule is CCNCCCN1CCN(C)CC1C. The Hall–Kier alpha value is -0.120. The molecule has 1 fully saturated rings. The minimum absolute atomic E-state index is 0.732. The number of likely N-dealkylation sites (N-methyl/N-ethyl adjacent to an activating group) is 1. The molecule has 1 aliphatic heterocycles. The van der Waals surface area contributed by atoms with Crippen LogP contribution in [0.5, 0.6) is 0 Å². The molecule has 1 heterocycles. The van der Waals surface area contributed by atoms with Gasteiger partial charge in [-0.1, -0.05) is 6.92 Å². The fourth-order valence-electron chi connectivity index (χ4n) is 2.09. The van der Waals surface area contributed by atoms with Gasteiger partial charge in [-0.15, -0.1) is 0 Å². The summed E-state index contributed by atoms with van der Waals surface area (Å²) in [5.41, 5.74) is 0. The molecule has 1 saturated heterocycles. The van der Waals surface area contributed by atoms with E-state index >= 15 is 0 Å². The Morgan fingerprint density at radius 2 is 2.14 bits per heavy atom. The fourth-order valence-corrected chi connectivity index (χ4v) is 2.09. The third kappa shape index (κ3) is 3.95. The van der Waals surface area contributed by atoms with Gasteiger partial charge in [0.25, 0.3) is 0 Å². The number of nitrogens with zero attached hydrogens (tertiary/aromatic N) is 2. The molecule has 0 spiro atoms. The largest absolute Gasteiger partial charge is 0.317 e. The molecule has 0 aromatic carbocycles. The average Bonchev–Trinajstić information content (AvgIpc) is 2.15. The fraction of sp³-hybridized carbons (Fsp3) is 1.00. The molecule has 1 aliphatic rings. The highest BCUT2D eigenvalue weighted by Gasteiger charge is 2.20. The molecule has 0 amide bonds. The third-order valence-corrected chi connectivity index (χ3v) is 3.02. The van der Waals surface area contributed by atoms with Gasteiger partial charge in [0.05, 0.1) is 0 Å². The van der Waals surface area contributed by atoms with Gasteiger partial charge in [-0.3, -0.25) is 4.90 Å². The Kier molecular flexibility index (Phi) is 5.45. The summed E-state index contributed by atoms with van der Waals surface area (Å²) in [7, 11) is 2.21. The van der Waals surface area contributed by atoms with Gasteiger partial charge in [0, 0.05) is 25.7 Å². The summed E-state index contributed by atoms with van der Waals surface area (Å²) >= 11 is 0. The molecule has 1 unspecified atom stereocenters. The van der Waals surface area contributed by atoms with E-state index in [0.29, 0.717) is 0 Å². The molecular weight excluding hydrogens is 174 g/mol. The molecule has 14 heavy (non-hydrogen) atoms. The predicted octanol–water partition coefficient (Wildman–Crippen LogP) is 0.622. The van der Waals surface area contributed by atoms with Crippen LogP contribution in [0, 0.1) is 0 Å². The van der Waals surface area contributed by atoms with Gasteiger partial charge in [-0.2, -0.15) is 0 Å². The first-order chi connectivity index (χ1) is 6.74. The molecule has 0 saturated carbocycles. The van der Waals surface area contributed by atoms with Crippen molar-refractivity contribution in [2.75, 3.05) is 46.3 Å². The van der Waals surface area contributed by atoms with E-state index in [1.54, 1.807) is 0 Å². The molecule has 1 N–H and O–H groups in total. The van der Waals surface area contributed by atoms with E-state index in [1.807, 2.05) is 0 Å². The maximum Gasteiger partial charge on any atom is 0.0195 e. The Labute approximate surface area is 88.5 Å². The lowest BCUT2D eigenvalue weighted by Crippen LogP contribution is -2.50. The first-order valence-electron chi connectivity index (χ1n) is 5.87. The van der Waals surface area contributed by atoms with E-state index in [1.165, 1.54) is 32.6 Å². The lowest BCUT2D eigenvalue weighted by atomic mass is 10.2. The molecule has 0 aliphatic carbocycles. The van der Waals surface area contributed by atoms with Crippen LogP contribution in [0.3, 0.4) is 0 Å². The van der Waals surface area contributed by atoms with Crippen molar-refractivity contribution in [3.05, 3.63) is 0 Å². The van der Waals surface area contributed by atoms with Crippen molar-refractivity contribution in [2.24, 2.45) is 0 Å². The smallest absolute Gasteiger partial charge is 0.0195 e. The van der Waals surface area contributed by atoms with Gasteiger partial charge in [-0.25, -0.2) is 0 Å². The Bertz CT molecular complexity index is 149. The summed E-state index contributed by atoms with van der Waals surface area (Å²) < 4.78 is 0. The summed E-state index contributed by atoms with van der Waals surface area (Å²) in [6.45, 7) is 11.7. The van der Waals surface area contributed by atoms with E-state index in [0.717, 1.165) is 19.1 Å². The molecule has 84 valence electrons. The van der Waals surface area contributed by atoms with Crippen molar-refractivity contribution < 1.29 is 0 Å². The van der Waals surface area contributed by atoms with E-state index in [-0.39, 0.29) is 0 Å². The first kappa shape index (κ1) is 12.0. The summed E-state index contributed by atoms with van der Waals surface area (Å²) in [5.74, 6) is 0. The highest BCUT2D eigenvalue weighted by atomic mass is 15.3. The molecule has 3 heteroatoms. The summed E-state index contributed by atoms with van der Waals surface area (Å²) in [4.78, 5) is 5.03. The van der Waals surface area contributed by atoms with E-state index < -0.39 is 0 Å². The number of rotatable bonds is 5. The van der Waals surface area contributed by atoms with Gasteiger partial charge < -0.3 is 10.2 Å². The van der Waals surface area contributed by atoms with Crippen LogP contribution in [0.15, 0.2) is 0 Å². The van der Waals surface area contributed by atoms with E-state index in [4.69, 9.17) is 0 Å². The molecule has 1 rings (SSSR count). The highest BCUT2D eigenvalue weighted by molar-refractivity contribution is 4.77. The second-order valence-electron chi connectivity index (χ2n) is 4.35. The van der Waals surface area contributed by atoms with Crippen LogP contribution < -0.4 is 5.32 Å². The number of nitrogens with one attached hydrogen (secondary N) is 1. The van der Waals surface area contributed by atoms with Gasteiger partial charge in [-0.05, 0) is 40.0 Å². The lowest BCUT2D eigenvalue weighted by Gasteiger charge is -2.38. The molecular formula is C11H25N3. The minimum Gasteiger partial charge on any atom is -0.317 e. The number of hydrogen-bond donors (Lipinski definition) is 1. The average molecular weight is 199 g/mol. The summed E-state index contributed by atoms with van der Waals surface area (Å²) in [6.07, 6.45) is 1.28. The molecule has 0 radical (unpaired) electrons. The minimum atomic E-state index is 0.732. The zero-order valence-electron chi connectivity index (χ0n) is 9.92. The van der Waals surface area contributed by atoms with Crippen molar-refractivity contribution in [2.45, 2.75) is 26.3 Å². The van der Waals surface area contributed by atoms with Crippen LogP contribution in [0.2, 0.25) is 0 Å². The molecule has 0 aromatic rings. The summed E-state index contributed by atoms with van der Waals surface area (Å²) in [5, 5.41) is 3.37. The van der Waals surface area contributed by atoms with Gasteiger partial charge in [0.2, 0.25) is 0 Å². The van der Waals surface area contributed by atoms with E-state index in [2.05, 4.69) is 36.0 Å². The van der Waals surface area contributed by atoms with Crippen LogP contribution in [-0.2, 0) is 0 Å². The Balaban J connectivity index is 2.11. The van der Waals surface area contributed by atoms with Crippen LogP contribution in [0.4, 0.5) is 0 Å². The maximum absolute atomic E-state index is 3.37. The predicted molar refractivity (Wildman–Crippen MR) is 61.7 cm³/mol. The lowest BCUT2D eigenvalue weighted by molar-refractivity contribution is 0.0992. The van der Waals surface area contributed by atoms with Crippen molar-refractivity contribution >= 4 is 0 Å². The number of hydrogen-bond acceptors (Lipinski definition) is 3. The summed E-state index contributed by atoms with van der Waals surface area (Å²) in [6, 6.07) is 0.732. The van der Waals surface area contributed by atoms with Crippen molar-refractivity contribution in [3.63, 3.8) is 0 Å². The van der Waals surface area contributed by atoms with Gasteiger partial charge >= 0.3 is 0 Å². The monoisotopic (exact) mass is 199 g/mol. The Morgan fingerprint density at radius 1 is 1.36 bits per heavy atom. The van der Waals surface area contributed by atoms with Crippen molar-refractivity contribution in [3.8, 4) is 0 Å². The topological polar surface area (TPSA) is 18.5 Å². The molecule has 3 nitrogen and oxygen atoms in total. The zero-order valence-corrected chi connectivity index (χ0v) is 9.92. The van der Waals surface area contributed by atoms with E-state index in [9.17, 15) is 0 Å². The second-order valence-corrected chi connectivity index (χ2v) is 4.35. The van der Waals surface area contributed by atoms with Crippen LogP contribution >= 0.6 is 0 Å². The Morgan fingerprint density at radius 3 is 2.79 bits per heavy atom. The molecule has 0 aromatic heterocycles. The van der Waals surface area contributed by atoms with Crippen LogP contribution in [0.1, 0.15) is 20.3 Å². The number of piperazine rings is 1. The quantitative estimate of drug-likeness (QED) is 0.655. The van der Waals surface area contributed by atoms with Crippen molar-refractivity contribution in [1.29, 1.82) is 0 Å². The van der Waals surface area contributed by atoms with Crippen molar-refractivity contribution in [1.82, 2.24) is 15.1 Å². The standard InChI is InChI=1S/C11H25N3/c1-4-12-6-5-7-14-9-8-13(3)10-11(14)2/h11-12H,4-10H2,1-3H3. The normalized spacial score (nSPS) is 25.5. The molecule has 1 atom stereocenters. The second kappa shape index (κ2) is 6.38. The van der Waals surface area contributed by atoms with Crippen LogP contribution in [0.25, 0.3) is 0 Å². The van der Waals surface area contributed by atoms with Crippen LogP contribution in [-0.4, -0.2) is 62.2 Å². The van der Waals surface area contributed by atoms with Gasteiger partial charge in [0.15, 0.2) is 0 Å². The maximum atomic E-state index is 3.37. The van der Waals surface area contributed by atoms with Gasteiger partial charge in [0.1, 0.15) is 0 Å². The third-order valence-electron chi connectivity index (χ3n) is 3.02. The zero-order chi connectivity index (χ0) is 10.4.